The first-order valence-electron chi connectivity index (χ1n) is 7.46. The highest BCUT2D eigenvalue weighted by Crippen LogP contribution is 2.45. The van der Waals surface area contributed by atoms with Crippen LogP contribution in [0.2, 0.25) is 0 Å². The second-order valence-corrected chi connectivity index (χ2v) is 7.20. The van der Waals surface area contributed by atoms with Crippen molar-refractivity contribution in [3.8, 4) is 0 Å². The molecule has 0 spiro atoms. The first-order chi connectivity index (χ1) is 8.78. The summed E-state index contributed by atoms with van der Waals surface area (Å²) < 4.78 is 0. The minimum absolute atomic E-state index is 0.188. The van der Waals surface area contributed by atoms with Crippen LogP contribution in [0.1, 0.15) is 81.8 Å². The summed E-state index contributed by atoms with van der Waals surface area (Å²) in [6.07, 6.45) is 3.99. The number of rotatable bonds is 3. The molecule has 0 saturated carbocycles. The number of hydrogen-bond donors (Lipinski definition) is 0. The number of hydrogen-bond acceptors (Lipinski definition) is 1. The van der Waals surface area contributed by atoms with Crippen LogP contribution in [-0.2, 0) is 10.8 Å². The molecule has 104 valence electrons. The Bertz CT molecular complexity index is 494. The van der Waals surface area contributed by atoms with Gasteiger partial charge in [-0.1, -0.05) is 46.8 Å². The van der Waals surface area contributed by atoms with E-state index < -0.39 is 0 Å². The molecule has 0 amide bonds. The van der Waals surface area contributed by atoms with E-state index in [1.165, 1.54) is 24.0 Å². The van der Waals surface area contributed by atoms with Crippen LogP contribution in [0.15, 0.2) is 18.2 Å². The topological polar surface area (TPSA) is 17.1 Å². The van der Waals surface area contributed by atoms with Crippen molar-refractivity contribution >= 4 is 5.78 Å². The van der Waals surface area contributed by atoms with Gasteiger partial charge in [0, 0.05) is 12.0 Å². The monoisotopic (exact) mass is 258 g/mol. The predicted molar refractivity (Wildman–Crippen MR) is 81.0 cm³/mol. The standard InChI is InChI=1S/C18H26O/c1-6-7-16(19)13-8-9-14-15(12-13)18(4,5)11-10-17(14,2)3/h8-9,12H,6-7,10-11H2,1-5H3. The van der Waals surface area contributed by atoms with Crippen LogP contribution in [0, 0.1) is 0 Å². The average molecular weight is 258 g/mol. The maximum absolute atomic E-state index is 12.1. The van der Waals surface area contributed by atoms with Crippen molar-refractivity contribution in [2.75, 3.05) is 0 Å². The van der Waals surface area contributed by atoms with E-state index in [0.29, 0.717) is 6.42 Å². The van der Waals surface area contributed by atoms with Crippen molar-refractivity contribution in [1.29, 1.82) is 0 Å². The summed E-state index contributed by atoms with van der Waals surface area (Å²) >= 11 is 0. The molecule has 0 aliphatic heterocycles. The highest BCUT2D eigenvalue weighted by molar-refractivity contribution is 5.96. The molecule has 1 aliphatic carbocycles. The number of carbonyl (C=O) groups excluding carboxylic acids is 1. The van der Waals surface area contributed by atoms with E-state index in [9.17, 15) is 4.79 Å². The van der Waals surface area contributed by atoms with Crippen LogP contribution in [0.25, 0.3) is 0 Å². The second kappa shape index (κ2) is 4.77. The number of ketones is 1. The van der Waals surface area contributed by atoms with Gasteiger partial charge in [-0.15, -0.1) is 0 Å². The molecule has 2 rings (SSSR count). The minimum atomic E-state index is 0.188. The summed E-state index contributed by atoms with van der Waals surface area (Å²) in [6.45, 7) is 11.3. The highest BCUT2D eigenvalue weighted by atomic mass is 16.1. The smallest absolute Gasteiger partial charge is 0.162 e. The molecule has 0 N–H and O–H groups in total. The molecule has 1 heteroatoms. The van der Waals surface area contributed by atoms with E-state index in [1.54, 1.807) is 0 Å². The Morgan fingerprint density at radius 3 is 2.21 bits per heavy atom. The van der Waals surface area contributed by atoms with E-state index in [4.69, 9.17) is 0 Å². The fourth-order valence-electron chi connectivity index (χ4n) is 3.13. The number of benzene rings is 1. The van der Waals surface area contributed by atoms with E-state index in [1.807, 2.05) is 6.07 Å². The molecule has 0 saturated heterocycles. The Morgan fingerprint density at radius 2 is 1.63 bits per heavy atom. The fraction of sp³-hybridized carbons (Fsp3) is 0.611. The molecule has 0 radical (unpaired) electrons. The van der Waals surface area contributed by atoms with Gasteiger partial charge in [0.05, 0.1) is 0 Å². The summed E-state index contributed by atoms with van der Waals surface area (Å²) in [5.41, 5.74) is 4.12. The summed E-state index contributed by atoms with van der Waals surface area (Å²) in [7, 11) is 0. The molecule has 1 nitrogen and oxygen atoms in total. The zero-order chi connectivity index (χ0) is 14.3. The number of carbonyl (C=O) groups is 1. The molecule has 0 aromatic heterocycles. The van der Waals surface area contributed by atoms with Crippen molar-refractivity contribution < 1.29 is 4.79 Å². The Kier molecular flexibility index (Phi) is 3.59. The van der Waals surface area contributed by atoms with Gasteiger partial charge in [-0.3, -0.25) is 4.79 Å². The first kappa shape index (κ1) is 14.3. The van der Waals surface area contributed by atoms with Crippen molar-refractivity contribution in [3.05, 3.63) is 34.9 Å². The lowest BCUT2D eigenvalue weighted by Gasteiger charge is -2.42. The van der Waals surface area contributed by atoms with E-state index >= 15 is 0 Å². The van der Waals surface area contributed by atoms with Gasteiger partial charge in [0.15, 0.2) is 5.78 Å². The third-order valence-corrected chi connectivity index (χ3v) is 4.65. The summed E-state index contributed by atoms with van der Waals surface area (Å²) in [6, 6.07) is 6.38. The lowest BCUT2D eigenvalue weighted by atomic mass is 9.63. The predicted octanol–water partition coefficient (Wildman–Crippen LogP) is 5.02. The van der Waals surface area contributed by atoms with E-state index in [0.717, 1.165) is 12.0 Å². The molecule has 1 aliphatic rings. The van der Waals surface area contributed by atoms with Gasteiger partial charge in [0.25, 0.3) is 0 Å². The Labute approximate surface area is 117 Å². The number of fused-ring (bicyclic) bond motifs is 1. The van der Waals surface area contributed by atoms with Gasteiger partial charge in [-0.25, -0.2) is 0 Å². The zero-order valence-electron chi connectivity index (χ0n) is 13.0. The summed E-state index contributed by atoms with van der Waals surface area (Å²) in [5.74, 6) is 0.282. The Morgan fingerprint density at radius 1 is 1.05 bits per heavy atom. The van der Waals surface area contributed by atoms with Gasteiger partial charge >= 0.3 is 0 Å². The number of Topliss-reactive ketones (excluding diaryl/α,β-unsaturated/α-hetero) is 1. The van der Waals surface area contributed by atoms with Crippen molar-refractivity contribution in [3.63, 3.8) is 0 Å². The fourth-order valence-corrected chi connectivity index (χ4v) is 3.13. The largest absolute Gasteiger partial charge is 0.294 e. The van der Waals surface area contributed by atoms with Crippen LogP contribution >= 0.6 is 0 Å². The van der Waals surface area contributed by atoms with Crippen molar-refractivity contribution in [2.24, 2.45) is 0 Å². The molecule has 1 aromatic rings. The molecular formula is C18H26O. The zero-order valence-corrected chi connectivity index (χ0v) is 13.0. The van der Waals surface area contributed by atoms with Gasteiger partial charge in [-0.05, 0) is 47.3 Å². The van der Waals surface area contributed by atoms with Crippen LogP contribution < -0.4 is 0 Å². The lowest BCUT2D eigenvalue weighted by molar-refractivity contribution is 0.0981. The van der Waals surface area contributed by atoms with E-state index in [-0.39, 0.29) is 16.6 Å². The van der Waals surface area contributed by atoms with Crippen molar-refractivity contribution in [2.45, 2.75) is 71.1 Å². The second-order valence-electron chi connectivity index (χ2n) is 7.20. The third kappa shape index (κ3) is 2.61. The quantitative estimate of drug-likeness (QED) is 0.696. The molecule has 0 atom stereocenters. The third-order valence-electron chi connectivity index (χ3n) is 4.65. The molecule has 0 bridgehead atoms. The molecule has 0 fully saturated rings. The summed E-state index contributed by atoms with van der Waals surface area (Å²) in [4.78, 5) is 12.1. The first-order valence-corrected chi connectivity index (χ1v) is 7.46. The van der Waals surface area contributed by atoms with Crippen LogP contribution in [0.5, 0.6) is 0 Å². The normalized spacial score (nSPS) is 19.8. The molecule has 1 aromatic carbocycles. The molecule has 19 heavy (non-hydrogen) atoms. The van der Waals surface area contributed by atoms with Gasteiger partial charge < -0.3 is 0 Å². The Balaban J connectivity index is 2.50. The lowest BCUT2D eigenvalue weighted by Crippen LogP contribution is -2.34. The van der Waals surface area contributed by atoms with Gasteiger partial charge in [0.2, 0.25) is 0 Å². The summed E-state index contributed by atoms with van der Waals surface area (Å²) in [5, 5.41) is 0. The van der Waals surface area contributed by atoms with Crippen LogP contribution in [0.3, 0.4) is 0 Å². The highest BCUT2D eigenvalue weighted by Gasteiger charge is 2.37. The molecule has 0 unspecified atom stereocenters. The SMILES string of the molecule is CCCC(=O)c1ccc2c(c1)C(C)(C)CCC2(C)C. The van der Waals surface area contributed by atoms with E-state index in [2.05, 4.69) is 46.8 Å². The van der Waals surface area contributed by atoms with Crippen LogP contribution in [-0.4, -0.2) is 5.78 Å². The van der Waals surface area contributed by atoms with Gasteiger partial charge in [0.1, 0.15) is 0 Å². The maximum atomic E-state index is 12.1. The average Bonchev–Trinajstić information content (AvgIpc) is 2.35. The maximum Gasteiger partial charge on any atom is 0.162 e. The van der Waals surface area contributed by atoms with Crippen molar-refractivity contribution in [1.82, 2.24) is 0 Å². The minimum Gasteiger partial charge on any atom is -0.294 e. The Hall–Kier alpha value is -1.11. The van der Waals surface area contributed by atoms with Gasteiger partial charge in [-0.2, -0.15) is 0 Å². The molecular weight excluding hydrogens is 232 g/mol. The molecule has 0 heterocycles. The van der Waals surface area contributed by atoms with Crippen LogP contribution in [0.4, 0.5) is 0 Å².